The molecule has 2 aromatic rings. The topological polar surface area (TPSA) is 30.2 Å². The van der Waals surface area contributed by atoms with Crippen LogP contribution in [0.5, 0.6) is 0 Å². The number of fused-ring (bicyclic) bond motifs is 1. The van der Waals surface area contributed by atoms with Crippen LogP contribution in [-0.4, -0.2) is 5.88 Å². The van der Waals surface area contributed by atoms with Crippen LogP contribution in [0, 0.1) is 11.8 Å². The van der Waals surface area contributed by atoms with E-state index in [1.165, 1.54) is 12.3 Å². The highest BCUT2D eigenvalue weighted by Crippen LogP contribution is 2.11. The lowest BCUT2D eigenvalue weighted by atomic mass is 10.1. The van der Waals surface area contributed by atoms with Crippen LogP contribution < -0.4 is 5.43 Å². The first-order valence-corrected chi connectivity index (χ1v) is 5.41. The van der Waals surface area contributed by atoms with Gasteiger partial charge in [0.25, 0.3) is 0 Å². The zero-order valence-corrected chi connectivity index (χ0v) is 9.25. The van der Waals surface area contributed by atoms with E-state index in [0.717, 1.165) is 5.56 Å². The molecule has 0 spiro atoms. The molecule has 0 unspecified atom stereocenters. The maximum Gasteiger partial charge on any atom is 0.192 e. The average Bonchev–Trinajstić information content (AvgIpc) is 2.30. The largest absolute Gasteiger partial charge is 0.464 e. The molecule has 2 rings (SSSR count). The summed E-state index contributed by atoms with van der Waals surface area (Å²) in [6, 6.07) is 6.72. The van der Waals surface area contributed by atoms with E-state index in [4.69, 9.17) is 16.0 Å². The Balaban J connectivity index is 2.49. The molecule has 3 heteroatoms. The highest BCUT2D eigenvalue weighted by Gasteiger charge is 1.99. The lowest BCUT2D eigenvalue weighted by Crippen LogP contribution is -1.97. The Hall–Kier alpha value is -1.72. The summed E-state index contributed by atoms with van der Waals surface area (Å²) in [6.07, 6.45) is 2.03. The van der Waals surface area contributed by atoms with Gasteiger partial charge in [0.2, 0.25) is 0 Å². The fourth-order valence-corrected chi connectivity index (χ4v) is 1.47. The van der Waals surface area contributed by atoms with Crippen LogP contribution in [-0.2, 0) is 0 Å². The highest BCUT2D eigenvalue weighted by molar-refractivity contribution is 6.18. The summed E-state index contributed by atoms with van der Waals surface area (Å²) in [4.78, 5) is 11.5. The van der Waals surface area contributed by atoms with Crippen LogP contribution in [0.1, 0.15) is 12.0 Å². The second-order valence-electron chi connectivity index (χ2n) is 3.24. The normalized spacial score (nSPS) is 9.81. The lowest BCUT2D eigenvalue weighted by Gasteiger charge is -1.95. The number of hydrogen-bond donors (Lipinski definition) is 0. The van der Waals surface area contributed by atoms with Crippen molar-refractivity contribution >= 4 is 22.6 Å². The SMILES string of the molecule is O=c1ccoc2ccc(C#CCCCl)cc12. The van der Waals surface area contributed by atoms with Crippen LogP contribution >= 0.6 is 11.6 Å². The summed E-state index contributed by atoms with van der Waals surface area (Å²) < 4.78 is 5.20. The molecule has 0 aliphatic heterocycles. The monoisotopic (exact) mass is 232 g/mol. The van der Waals surface area contributed by atoms with E-state index in [1.807, 2.05) is 6.07 Å². The Morgan fingerprint density at radius 1 is 1.31 bits per heavy atom. The molecule has 80 valence electrons. The van der Waals surface area contributed by atoms with Crippen LogP contribution in [0.2, 0.25) is 0 Å². The summed E-state index contributed by atoms with van der Waals surface area (Å²) in [5.41, 5.74) is 1.33. The minimum Gasteiger partial charge on any atom is -0.464 e. The van der Waals surface area contributed by atoms with Gasteiger partial charge in [0.05, 0.1) is 11.6 Å². The third kappa shape index (κ3) is 2.26. The van der Waals surface area contributed by atoms with E-state index in [9.17, 15) is 4.79 Å². The minimum absolute atomic E-state index is 0.0535. The molecular formula is C13H9ClO2. The standard InChI is InChI=1S/C13H9ClO2/c14-7-2-1-3-10-4-5-13-11(9-10)12(15)6-8-16-13/h4-6,8-9H,2,7H2. The van der Waals surface area contributed by atoms with Crippen LogP contribution in [0.15, 0.2) is 39.7 Å². The van der Waals surface area contributed by atoms with Gasteiger partial charge in [0, 0.05) is 23.9 Å². The Bertz CT molecular complexity index is 617. The first kappa shape index (κ1) is 10.8. The molecule has 1 heterocycles. The highest BCUT2D eigenvalue weighted by atomic mass is 35.5. The van der Waals surface area contributed by atoms with Gasteiger partial charge in [-0.05, 0) is 18.2 Å². The molecule has 0 aliphatic rings. The van der Waals surface area contributed by atoms with Crippen molar-refractivity contribution in [1.29, 1.82) is 0 Å². The molecule has 1 aromatic heterocycles. The molecule has 0 fully saturated rings. The minimum atomic E-state index is -0.0535. The number of hydrogen-bond acceptors (Lipinski definition) is 2. The van der Waals surface area contributed by atoms with Crippen molar-refractivity contribution in [3.05, 3.63) is 46.3 Å². The van der Waals surface area contributed by atoms with E-state index >= 15 is 0 Å². The molecule has 0 N–H and O–H groups in total. The number of alkyl halides is 1. The fourth-order valence-electron chi connectivity index (χ4n) is 1.37. The summed E-state index contributed by atoms with van der Waals surface area (Å²) >= 11 is 5.52. The molecule has 0 radical (unpaired) electrons. The van der Waals surface area contributed by atoms with Gasteiger partial charge in [-0.15, -0.1) is 11.6 Å². The molecule has 0 atom stereocenters. The third-order valence-corrected chi connectivity index (χ3v) is 2.30. The van der Waals surface area contributed by atoms with Crippen molar-refractivity contribution in [1.82, 2.24) is 0 Å². The van der Waals surface area contributed by atoms with Crippen molar-refractivity contribution in [2.45, 2.75) is 6.42 Å². The third-order valence-electron chi connectivity index (χ3n) is 2.11. The number of benzene rings is 1. The zero-order valence-electron chi connectivity index (χ0n) is 8.50. The first-order chi connectivity index (χ1) is 7.81. The second-order valence-corrected chi connectivity index (χ2v) is 3.61. The van der Waals surface area contributed by atoms with Crippen molar-refractivity contribution in [2.24, 2.45) is 0 Å². The molecule has 0 aliphatic carbocycles. The van der Waals surface area contributed by atoms with Crippen molar-refractivity contribution in [2.75, 3.05) is 5.88 Å². The molecule has 16 heavy (non-hydrogen) atoms. The maximum absolute atomic E-state index is 11.5. The molecule has 1 aromatic carbocycles. The second kappa shape index (κ2) is 4.87. The predicted octanol–water partition coefficient (Wildman–Crippen LogP) is 2.77. The Labute approximate surface area is 97.8 Å². The average molecular weight is 233 g/mol. The predicted molar refractivity (Wildman–Crippen MR) is 64.7 cm³/mol. The van der Waals surface area contributed by atoms with E-state index in [1.54, 1.807) is 12.1 Å². The van der Waals surface area contributed by atoms with E-state index < -0.39 is 0 Å². The first-order valence-electron chi connectivity index (χ1n) is 4.87. The smallest absolute Gasteiger partial charge is 0.192 e. The Kier molecular flexibility index (Phi) is 3.28. The van der Waals surface area contributed by atoms with Gasteiger partial charge in [0.15, 0.2) is 5.43 Å². The van der Waals surface area contributed by atoms with Gasteiger partial charge in [-0.1, -0.05) is 11.8 Å². The number of rotatable bonds is 1. The van der Waals surface area contributed by atoms with Crippen molar-refractivity contribution in [3.63, 3.8) is 0 Å². The van der Waals surface area contributed by atoms with Gasteiger partial charge < -0.3 is 4.42 Å². The van der Waals surface area contributed by atoms with E-state index in [0.29, 0.717) is 23.3 Å². The van der Waals surface area contributed by atoms with Crippen molar-refractivity contribution < 1.29 is 4.42 Å². The van der Waals surface area contributed by atoms with Gasteiger partial charge in [-0.25, -0.2) is 0 Å². The Morgan fingerprint density at radius 2 is 2.19 bits per heavy atom. The maximum atomic E-state index is 11.5. The quantitative estimate of drug-likeness (QED) is 0.559. The van der Waals surface area contributed by atoms with Gasteiger partial charge in [-0.2, -0.15) is 0 Å². The summed E-state index contributed by atoms with van der Waals surface area (Å²) in [7, 11) is 0. The van der Waals surface area contributed by atoms with Gasteiger partial charge in [0.1, 0.15) is 5.58 Å². The molecule has 2 nitrogen and oxygen atoms in total. The Morgan fingerprint density at radius 3 is 3.00 bits per heavy atom. The summed E-state index contributed by atoms with van der Waals surface area (Å²) in [6.45, 7) is 0. The molecule has 0 saturated heterocycles. The fraction of sp³-hybridized carbons (Fsp3) is 0.154. The van der Waals surface area contributed by atoms with Crippen LogP contribution in [0.25, 0.3) is 11.0 Å². The van der Waals surface area contributed by atoms with Crippen molar-refractivity contribution in [3.8, 4) is 11.8 Å². The zero-order chi connectivity index (χ0) is 11.4. The summed E-state index contributed by atoms with van der Waals surface area (Å²) in [5.74, 6) is 6.39. The van der Waals surface area contributed by atoms with E-state index in [-0.39, 0.29) is 5.43 Å². The summed E-state index contributed by atoms with van der Waals surface area (Å²) in [5, 5.41) is 0.556. The molecule has 0 amide bonds. The van der Waals surface area contributed by atoms with Gasteiger partial charge >= 0.3 is 0 Å². The van der Waals surface area contributed by atoms with E-state index in [2.05, 4.69) is 11.8 Å². The molecular weight excluding hydrogens is 224 g/mol. The molecule has 0 saturated carbocycles. The molecule has 0 bridgehead atoms. The van der Waals surface area contributed by atoms with Crippen LogP contribution in [0.4, 0.5) is 0 Å². The van der Waals surface area contributed by atoms with Crippen LogP contribution in [0.3, 0.4) is 0 Å². The number of halogens is 1. The van der Waals surface area contributed by atoms with Gasteiger partial charge in [-0.3, -0.25) is 4.79 Å². The lowest BCUT2D eigenvalue weighted by molar-refractivity contribution is 0.602.